The third-order valence-corrected chi connectivity index (χ3v) is 8.80. The molecule has 1 aromatic rings. The molecule has 174 valence electrons. The van der Waals surface area contributed by atoms with Gasteiger partial charge in [0.2, 0.25) is 10.0 Å². The highest BCUT2D eigenvalue weighted by molar-refractivity contribution is 7.89. The Morgan fingerprint density at radius 3 is 2.35 bits per heavy atom. The third kappa shape index (κ3) is 6.06. The maximum Gasteiger partial charge on any atom is 0.251 e. The van der Waals surface area contributed by atoms with Gasteiger partial charge in [-0.2, -0.15) is 4.31 Å². The van der Waals surface area contributed by atoms with Crippen LogP contribution in [0.4, 0.5) is 0 Å². The first kappa shape index (κ1) is 24.2. The number of aryl methyl sites for hydroxylation is 1. The lowest BCUT2D eigenvalue weighted by molar-refractivity contribution is 0.0949. The van der Waals surface area contributed by atoms with Crippen molar-refractivity contribution in [1.82, 2.24) is 19.4 Å². The molecule has 1 aromatic carbocycles. The van der Waals surface area contributed by atoms with E-state index in [9.17, 15) is 13.2 Å². The molecule has 1 amide bonds. The van der Waals surface area contributed by atoms with Crippen molar-refractivity contribution in [2.75, 3.05) is 59.4 Å². The van der Waals surface area contributed by atoms with Crippen LogP contribution < -0.4 is 5.32 Å². The van der Waals surface area contributed by atoms with Crippen molar-refractivity contribution in [3.63, 3.8) is 0 Å². The Hall–Kier alpha value is -1.48. The maximum absolute atomic E-state index is 13.3. The van der Waals surface area contributed by atoms with Crippen molar-refractivity contribution in [3.8, 4) is 0 Å². The molecule has 0 unspecified atom stereocenters. The number of sulfonamides is 1. The number of hydrogen-bond donors (Lipinski definition) is 1. The van der Waals surface area contributed by atoms with Gasteiger partial charge in [-0.15, -0.1) is 0 Å². The Labute approximate surface area is 187 Å². The summed E-state index contributed by atoms with van der Waals surface area (Å²) in [6, 6.07) is 3.36. The first-order chi connectivity index (χ1) is 14.7. The molecule has 0 aromatic heterocycles. The van der Waals surface area contributed by atoms with Gasteiger partial charge in [0.15, 0.2) is 0 Å². The Balaban J connectivity index is 1.62. The number of amides is 1. The third-order valence-electron chi connectivity index (χ3n) is 6.77. The summed E-state index contributed by atoms with van der Waals surface area (Å²) in [5.41, 5.74) is 1.98. The van der Waals surface area contributed by atoms with Gasteiger partial charge in [0, 0.05) is 51.4 Å². The number of nitrogens with zero attached hydrogens (tertiary/aromatic N) is 3. The van der Waals surface area contributed by atoms with E-state index in [-0.39, 0.29) is 10.8 Å². The Morgan fingerprint density at radius 1 is 1.06 bits per heavy atom. The quantitative estimate of drug-likeness (QED) is 0.644. The van der Waals surface area contributed by atoms with Gasteiger partial charge in [-0.25, -0.2) is 8.42 Å². The standard InChI is InChI=1S/C23H38N4O3S/c1-18-6-10-27(11-7-18)31(29,30)22-17-21(16-19(2)20(22)3)23(28)24-8-5-9-26-14-12-25(4)13-15-26/h16-18H,5-15H2,1-4H3,(H,24,28). The monoisotopic (exact) mass is 450 g/mol. The molecular weight excluding hydrogens is 412 g/mol. The summed E-state index contributed by atoms with van der Waals surface area (Å²) in [6.45, 7) is 12.8. The fourth-order valence-corrected chi connectivity index (χ4v) is 6.06. The van der Waals surface area contributed by atoms with E-state index in [0.29, 0.717) is 31.1 Å². The molecule has 2 fully saturated rings. The molecule has 31 heavy (non-hydrogen) atoms. The summed E-state index contributed by atoms with van der Waals surface area (Å²) in [6.07, 6.45) is 2.65. The lowest BCUT2D eigenvalue weighted by Gasteiger charge is -2.32. The van der Waals surface area contributed by atoms with E-state index >= 15 is 0 Å². The van der Waals surface area contributed by atoms with E-state index in [0.717, 1.165) is 63.1 Å². The Kier molecular flexibility index (Phi) is 8.13. The molecule has 0 bridgehead atoms. The van der Waals surface area contributed by atoms with Gasteiger partial charge in [-0.05, 0) is 75.9 Å². The van der Waals surface area contributed by atoms with Gasteiger partial charge in [-0.3, -0.25) is 4.79 Å². The van der Waals surface area contributed by atoms with Gasteiger partial charge >= 0.3 is 0 Å². The van der Waals surface area contributed by atoms with Crippen LogP contribution >= 0.6 is 0 Å². The average Bonchev–Trinajstić information content (AvgIpc) is 2.74. The van der Waals surface area contributed by atoms with Crippen molar-refractivity contribution < 1.29 is 13.2 Å². The van der Waals surface area contributed by atoms with Crippen LogP contribution in [0.15, 0.2) is 17.0 Å². The normalized spacial score (nSPS) is 20.1. The number of rotatable bonds is 7. The van der Waals surface area contributed by atoms with Crippen molar-refractivity contribution >= 4 is 15.9 Å². The molecule has 3 rings (SSSR count). The minimum Gasteiger partial charge on any atom is -0.352 e. The van der Waals surface area contributed by atoms with Crippen LogP contribution in [0.5, 0.6) is 0 Å². The zero-order chi connectivity index (χ0) is 22.6. The second kappa shape index (κ2) is 10.4. The lowest BCUT2D eigenvalue weighted by Crippen LogP contribution is -2.45. The topological polar surface area (TPSA) is 73.0 Å². The van der Waals surface area contributed by atoms with Crippen molar-refractivity contribution in [1.29, 1.82) is 0 Å². The van der Waals surface area contributed by atoms with Crippen LogP contribution in [0.3, 0.4) is 0 Å². The number of carbonyl (C=O) groups excluding carboxylic acids is 1. The summed E-state index contributed by atoms with van der Waals surface area (Å²) in [5.74, 6) is 0.349. The maximum atomic E-state index is 13.3. The number of nitrogens with one attached hydrogen (secondary N) is 1. The number of hydrogen-bond acceptors (Lipinski definition) is 5. The van der Waals surface area contributed by atoms with Crippen LogP contribution in [0.25, 0.3) is 0 Å². The predicted molar refractivity (Wildman–Crippen MR) is 124 cm³/mol. The summed E-state index contributed by atoms with van der Waals surface area (Å²) in [4.78, 5) is 17.8. The fraction of sp³-hybridized carbons (Fsp3) is 0.696. The Morgan fingerprint density at radius 2 is 1.71 bits per heavy atom. The number of benzene rings is 1. The van der Waals surface area contributed by atoms with E-state index in [1.807, 2.05) is 13.8 Å². The van der Waals surface area contributed by atoms with E-state index in [2.05, 4.69) is 29.1 Å². The van der Waals surface area contributed by atoms with Crippen LogP contribution in [0.1, 0.15) is 47.7 Å². The summed E-state index contributed by atoms with van der Waals surface area (Å²) in [5, 5.41) is 2.97. The van der Waals surface area contributed by atoms with Crippen LogP contribution in [0.2, 0.25) is 0 Å². The van der Waals surface area contributed by atoms with E-state index in [1.165, 1.54) is 0 Å². The van der Waals surface area contributed by atoms with Crippen LogP contribution in [-0.2, 0) is 10.0 Å². The molecule has 2 saturated heterocycles. The molecule has 0 saturated carbocycles. The highest BCUT2D eigenvalue weighted by atomic mass is 32.2. The lowest BCUT2D eigenvalue weighted by atomic mass is 10.0. The van der Waals surface area contributed by atoms with Gasteiger partial charge < -0.3 is 15.1 Å². The summed E-state index contributed by atoms with van der Waals surface area (Å²) >= 11 is 0. The Bertz CT molecular complexity index is 871. The zero-order valence-electron chi connectivity index (χ0n) is 19.5. The zero-order valence-corrected chi connectivity index (χ0v) is 20.3. The minimum absolute atomic E-state index is 0.204. The molecule has 0 aliphatic carbocycles. The molecular formula is C23H38N4O3S. The van der Waals surface area contributed by atoms with Crippen LogP contribution in [0, 0.1) is 19.8 Å². The van der Waals surface area contributed by atoms with Gasteiger partial charge in [0.05, 0.1) is 4.90 Å². The first-order valence-corrected chi connectivity index (χ1v) is 12.9. The largest absolute Gasteiger partial charge is 0.352 e. The number of piperazine rings is 1. The van der Waals surface area contributed by atoms with Gasteiger partial charge in [0.1, 0.15) is 0 Å². The minimum atomic E-state index is -3.60. The SMILES string of the molecule is Cc1cc(C(=O)NCCCN2CCN(C)CC2)cc(S(=O)(=O)N2CCC(C)CC2)c1C. The highest BCUT2D eigenvalue weighted by Crippen LogP contribution is 2.28. The molecule has 7 nitrogen and oxygen atoms in total. The molecule has 0 radical (unpaired) electrons. The van der Waals surface area contributed by atoms with E-state index in [4.69, 9.17) is 0 Å². The highest BCUT2D eigenvalue weighted by Gasteiger charge is 2.30. The number of piperidine rings is 1. The molecule has 2 heterocycles. The second-order valence-corrected chi connectivity index (χ2v) is 11.2. The molecule has 8 heteroatoms. The second-order valence-electron chi connectivity index (χ2n) is 9.26. The van der Waals surface area contributed by atoms with Crippen LogP contribution in [-0.4, -0.2) is 87.8 Å². The average molecular weight is 451 g/mol. The van der Waals surface area contributed by atoms with Crippen molar-refractivity contribution in [2.24, 2.45) is 5.92 Å². The fourth-order valence-electron chi connectivity index (χ4n) is 4.27. The molecule has 2 aliphatic rings. The van der Waals surface area contributed by atoms with Gasteiger partial charge in [0.25, 0.3) is 5.91 Å². The molecule has 1 N–H and O–H groups in total. The van der Waals surface area contributed by atoms with E-state index in [1.54, 1.807) is 16.4 Å². The summed E-state index contributed by atoms with van der Waals surface area (Å²) < 4.78 is 28.1. The number of carbonyl (C=O) groups is 1. The first-order valence-electron chi connectivity index (χ1n) is 11.5. The van der Waals surface area contributed by atoms with E-state index < -0.39 is 10.0 Å². The predicted octanol–water partition coefficient (Wildman–Crippen LogP) is 2.09. The summed E-state index contributed by atoms with van der Waals surface area (Å²) in [7, 11) is -1.46. The van der Waals surface area contributed by atoms with Crippen molar-refractivity contribution in [2.45, 2.75) is 44.9 Å². The molecule has 2 aliphatic heterocycles. The molecule has 0 atom stereocenters. The van der Waals surface area contributed by atoms with Gasteiger partial charge in [-0.1, -0.05) is 6.92 Å². The molecule has 0 spiro atoms. The van der Waals surface area contributed by atoms with Crippen molar-refractivity contribution in [3.05, 3.63) is 28.8 Å². The smallest absolute Gasteiger partial charge is 0.251 e. The number of likely N-dealkylation sites (N-methyl/N-ethyl adjacent to an activating group) is 1.